The zero-order chi connectivity index (χ0) is 8.85. The first-order valence-corrected chi connectivity index (χ1v) is 5.06. The fourth-order valence-electron chi connectivity index (χ4n) is 0.514. The van der Waals surface area contributed by atoms with Crippen molar-refractivity contribution >= 4 is 27.3 Å². The molecule has 0 N–H and O–H groups in total. The minimum Gasteiger partial charge on any atom is -0.618 e. The maximum Gasteiger partial charge on any atom is 0.526 e. The van der Waals surface area contributed by atoms with E-state index in [9.17, 15) is 9.59 Å². The topological polar surface area (TPSA) is 43.4 Å². The van der Waals surface area contributed by atoms with Crippen LogP contribution in [0.4, 0.5) is 0 Å². The van der Waals surface area contributed by atoms with E-state index in [2.05, 4.69) is 0 Å². The fourth-order valence-corrected chi connectivity index (χ4v) is 1.14. The Balaban J connectivity index is 3.46. The van der Waals surface area contributed by atoms with Gasteiger partial charge in [-0.3, -0.25) is 9.59 Å². The highest BCUT2D eigenvalue weighted by molar-refractivity contribution is 6.32. The molecule has 0 atom stereocenters. The van der Waals surface area contributed by atoms with Crippen molar-refractivity contribution in [1.29, 1.82) is 0 Å². The molecule has 0 aliphatic heterocycles. The van der Waals surface area contributed by atoms with Crippen molar-refractivity contribution in [3.63, 3.8) is 0 Å². The van der Waals surface area contributed by atoms with Crippen LogP contribution in [0.1, 0.15) is 27.2 Å². The highest BCUT2D eigenvalue weighted by atomic mass is 27.1. The van der Waals surface area contributed by atoms with Crippen molar-refractivity contribution in [3.8, 4) is 0 Å². The molecule has 0 aromatic heterocycles. The third kappa shape index (κ3) is 7.57. The summed E-state index contributed by atoms with van der Waals surface area (Å²) in [5.41, 5.74) is 0. The van der Waals surface area contributed by atoms with Crippen LogP contribution in [0.3, 0.4) is 0 Å². The largest absolute Gasteiger partial charge is 0.618 e. The zero-order valence-electron chi connectivity index (χ0n) is 7.22. The molecule has 0 unspecified atom stereocenters. The smallest absolute Gasteiger partial charge is 0.526 e. The Labute approximate surface area is 73.2 Å². The predicted octanol–water partition coefficient (Wildman–Crippen LogP) is 0.688. The Morgan fingerprint density at radius 3 is 2.36 bits per heavy atom. The first kappa shape index (κ1) is 10.7. The lowest BCUT2D eigenvalue weighted by molar-refractivity contribution is -0.137. The van der Waals surface area contributed by atoms with Crippen LogP contribution < -0.4 is 0 Å². The van der Waals surface area contributed by atoms with E-state index in [1.165, 1.54) is 6.92 Å². The van der Waals surface area contributed by atoms with Crippen LogP contribution in [0.2, 0.25) is 4.78 Å². The zero-order valence-corrected chi connectivity index (χ0v) is 8.63. The van der Waals surface area contributed by atoms with Crippen LogP contribution in [-0.4, -0.2) is 27.3 Å². The van der Waals surface area contributed by atoms with Gasteiger partial charge in [0.1, 0.15) is 12.2 Å². The molecule has 0 aromatic rings. The maximum atomic E-state index is 10.7. The summed E-state index contributed by atoms with van der Waals surface area (Å²) >= 11 is -0.746. The molecule has 11 heavy (non-hydrogen) atoms. The minimum absolute atomic E-state index is 0.0697. The molecule has 0 radical (unpaired) electrons. The molecule has 0 aliphatic carbocycles. The molecule has 62 valence electrons. The lowest BCUT2D eigenvalue weighted by Crippen LogP contribution is -2.13. The van der Waals surface area contributed by atoms with Gasteiger partial charge in [-0.2, -0.15) is 0 Å². The van der Waals surface area contributed by atoms with E-state index in [1.54, 1.807) is 0 Å². The standard InChI is InChI=1S/C4H6O3.C3H7.Al.H/c1-3(5)2-4(6)7;1-3-2;;/h2H2,1H3,(H,6,7);3H,1-2H3;;/q;;+1;/p-1. The Bertz CT molecular complexity index is 154. The van der Waals surface area contributed by atoms with Crippen molar-refractivity contribution in [3.05, 3.63) is 0 Å². The number of rotatable bonds is 4. The van der Waals surface area contributed by atoms with E-state index in [1.807, 2.05) is 13.8 Å². The van der Waals surface area contributed by atoms with Crippen molar-refractivity contribution in [2.24, 2.45) is 0 Å². The summed E-state index contributed by atoms with van der Waals surface area (Å²) in [5, 5.41) is 0. The van der Waals surface area contributed by atoms with Gasteiger partial charge in [0.15, 0.2) is 0 Å². The van der Waals surface area contributed by atoms with Crippen molar-refractivity contribution in [2.45, 2.75) is 32.0 Å². The summed E-state index contributed by atoms with van der Waals surface area (Å²) in [6.07, 6.45) is -0.0697. The van der Waals surface area contributed by atoms with E-state index >= 15 is 0 Å². The van der Waals surface area contributed by atoms with Gasteiger partial charge in [0.25, 0.3) is 5.97 Å². The van der Waals surface area contributed by atoms with Crippen LogP contribution in [0.15, 0.2) is 0 Å². The second-order valence-corrected chi connectivity index (χ2v) is 5.21. The third-order valence-electron chi connectivity index (χ3n) is 0.971. The second kappa shape index (κ2) is 5.34. The Morgan fingerprint density at radius 1 is 1.45 bits per heavy atom. The molecule has 0 heterocycles. The highest BCUT2D eigenvalue weighted by Crippen LogP contribution is 1.98. The van der Waals surface area contributed by atoms with Gasteiger partial charge in [-0.25, -0.2) is 0 Å². The first-order chi connectivity index (χ1) is 5.02. The Morgan fingerprint density at radius 2 is 2.00 bits per heavy atom. The summed E-state index contributed by atoms with van der Waals surface area (Å²) in [6, 6.07) is 0. The van der Waals surface area contributed by atoms with Crippen LogP contribution >= 0.6 is 0 Å². The van der Waals surface area contributed by atoms with Gasteiger partial charge in [-0.05, 0) is 6.92 Å². The molecule has 0 aromatic carbocycles. The molecule has 0 rings (SSSR count). The lowest BCUT2D eigenvalue weighted by atomic mass is 10.3. The lowest BCUT2D eigenvalue weighted by Gasteiger charge is -2.03. The molecule has 0 spiro atoms. The van der Waals surface area contributed by atoms with Crippen molar-refractivity contribution < 1.29 is 13.4 Å². The van der Waals surface area contributed by atoms with Gasteiger partial charge in [-0.1, -0.05) is 18.6 Å². The highest BCUT2D eigenvalue weighted by Gasteiger charge is 2.09. The monoisotopic (exact) mass is 172 g/mol. The molecule has 0 aliphatic rings. The van der Waals surface area contributed by atoms with E-state index in [4.69, 9.17) is 3.79 Å². The van der Waals surface area contributed by atoms with Crippen LogP contribution in [0.25, 0.3) is 0 Å². The van der Waals surface area contributed by atoms with E-state index in [0.717, 1.165) is 0 Å². The summed E-state index contributed by atoms with van der Waals surface area (Å²) in [7, 11) is 0. The molecule has 0 bridgehead atoms. The average molecular weight is 172 g/mol. The number of hydrogen-bond donors (Lipinski definition) is 0. The predicted molar refractivity (Wildman–Crippen MR) is 43.6 cm³/mol. The fraction of sp³-hybridized carbons (Fsp3) is 0.714. The Hall–Kier alpha value is -0.328. The van der Waals surface area contributed by atoms with Gasteiger partial charge in [0, 0.05) is 0 Å². The number of carbonyl (C=O) groups is 2. The Kier molecular flexibility index (Phi) is 5.18. The van der Waals surface area contributed by atoms with Gasteiger partial charge in [0.2, 0.25) is 0 Å². The van der Waals surface area contributed by atoms with Crippen molar-refractivity contribution in [2.75, 3.05) is 0 Å². The second-order valence-electron chi connectivity index (χ2n) is 2.96. The first-order valence-electron chi connectivity index (χ1n) is 3.67. The third-order valence-corrected chi connectivity index (χ3v) is 2.13. The number of carbonyl (C=O) groups excluding carboxylic acids is 2. The van der Waals surface area contributed by atoms with E-state index in [-0.39, 0.29) is 18.2 Å². The summed E-state index contributed by atoms with van der Waals surface area (Å²) in [5.74, 6) is -0.495. The normalized spacial score (nSPS) is 9.45. The minimum atomic E-state index is -0.746. The number of Topliss-reactive ketones (excluding diaryl/α,β-unsaturated/α-hetero) is 1. The van der Waals surface area contributed by atoms with E-state index in [0.29, 0.717) is 4.78 Å². The molecule has 0 saturated carbocycles. The number of ketones is 1. The molecule has 3 nitrogen and oxygen atoms in total. The molecule has 4 heteroatoms. The average Bonchev–Trinajstić information content (AvgIpc) is 1.82. The molecule has 0 fully saturated rings. The summed E-state index contributed by atoms with van der Waals surface area (Å²) in [6.45, 7) is 5.40. The SMILES string of the molecule is CC(=O)CC(=O)[O][AlH][CH](C)C. The van der Waals surface area contributed by atoms with Crippen LogP contribution in [-0.2, 0) is 13.4 Å². The van der Waals surface area contributed by atoms with Gasteiger partial charge >= 0.3 is 15.6 Å². The van der Waals surface area contributed by atoms with Crippen LogP contribution in [0, 0.1) is 0 Å². The molecular weight excluding hydrogens is 159 g/mol. The number of hydrogen-bond acceptors (Lipinski definition) is 3. The van der Waals surface area contributed by atoms with Gasteiger partial charge < -0.3 is 3.79 Å². The van der Waals surface area contributed by atoms with Gasteiger partial charge in [-0.15, -0.1) is 0 Å². The van der Waals surface area contributed by atoms with Crippen LogP contribution in [0.5, 0.6) is 0 Å². The molecule has 0 amide bonds. The summed E-state index contributed by atoms with van der Waals surface area (Å²) < 4.78 is 5.36. The van der Waals surface area contributed by atoms with Crippen molar-refractivity contribution in [1.82, 2.24) is 0 Å². The molecule has 0 saturated heterocycles. The molecular formula is C7H13AlO3. The van der Waals surface area contributed by atoms with E-state index < -0.39 is 15.6 Å². The maximum absolute atomic E-state index is 10.7. The summed E-state index contributed by atoms with van der Waals surface area (Å²) in [4.78, 5) is 21.2. The van der Waals surface area contributed by atoms with Gasteiger partial charge in [0.05, 0.1) is 0 Å². The quantitative estimate of drug-likeness (QED) is 0.463.